The highest BCUT2D eigenvalue weighted by Crippen LogP contribution is 2.21. The summed E-state index contributed by atoms with van der Waals surface area (Å²) in [5.74, 6) is -0.913. The van der Waals surface area contributed by atoms with Gasteiger partial charge >= 0.3 is 0 Å². The number of rotatable bonds is 4. The fourth-order valence-electron chi connectivity index (χ4n) is 3.11. The molecule has 0 aliphatic carbocycles. The quantitative estimate of drug-likeness (QED) is 0.748. The molecule has 1 fully saturated rings. The van der Waals surface area contributed by atoms with E-state index in [1.54, 1.807) is 0 Å². The Hall–Kier alpha value is -2.14. The molecule has 0 radical (unpaired) electrons. The summed E-state index contributed by atoms with van der Waals surface area (Å²) in [7, 11) is 0. The van der Waals surface area contributed by atoms with Gasteiger partial charge in [-0.15, -0.1) is 0 Å². The van der Waals surface area contributed by atoms with Crippen LogP contribution in [0.1, 0.15) is 24.8 Å². The highest BCUT2D eigenvalue weighted by Gasteiger charge is 2.31. The van der Waals surface area contributed by atoms with Gasteiger partial charge in [0.25, 0.3) is 0 Å². The Morgan fingerprint density at radius 3 is 3.00 bits per heavy atom. The number of aromatic amines is 1. The predicted molar refractivity (Wildman–Crippen MR) is 85.3 cm³/mol. The predicted octanol–water partition coefficient (Wildman–Crippen LogP) is 1.52. The molecule has 2 heterocycles. The summed E-state index contributed by atoms with van der Waals surface area (Å²) in [5.41, 5.74) is 8.15. The molecule has 5 nitrogen and oxygen atoms in total. The molecule has 22 heavy (non-hydrogen) atoms. The number of H-pyrrole nitrogens is 1. The van der Waals surface area contributed by atoms with Crippen molar-refractivity contribution in [2.24, 2.45) is 11.7 Å². The summed E-state index contributed by atoms with van der Waals surface area (Å²) in [5, 5.41) is 3.88. The van der Waals surface area contributed by atoms with Crippen molar-refractivity contribution >= 4 is 22.6 Å². The molecule has 1 aliphatic rings. The number of nitrogens with two attached hydrogens (primary N) is 1. The largest absolute Gasteiger partial charge is 0.361 e. The number of carbonyl (C=O) groups is 2. The zero-order chi connectivity index (χ0) is 15.5. The van der Waals surface area contributed by atoms with E-state index in [-0.39, 0.29) is 11.7 Å². The van der Waals surface area contributed by atoms with Crippen LogP contribution < -0.4 is 11.1 Å². The topological polar surface area (TPSA) is 88.0 Å². The molecule has 1 aromatic heterocycles. The number of para-hydroxylation sites is 1. The molecule has 0 saturated carbocycles. The van der Waals surface area contributed by atoms with E-state index in [2.05, 4.69) is 10.3 Å². The van der Waals surface area contributed by atoms with Crippen LogP contribution in [0.25, 0.3) is 10.9 Å². The van der Waals surface area contributed by atoms with Gasteiger partial charge < -0.3 is 16.0 Å². The lowest BCUT2D eigenvalue weighted by molar-refractivity contribution is -0.134. The van der Waals surface area contributed by atoms with Crippen LogP contribution in [0.3, 0.4) is 0 Å². The number of fused-ring (bicyclic) bond motifs is 1. The summed E-state index contributed by atoms with van der Waals surface area (Å²) < 4.78 is 0. The third-order valence-electron chi connectivity index (χ3n) is 4.36. The summed E-state index contributed by atoms with van der Waals surface area (Å²) >= 11 is 0. The Labute approximate surface area is 129 Å². The average Bonchev–Trinajstić information content (AvgIpc) is 2.80. The maximum absolute atomic E-state index is 12.5. The van der Waals surface area contributed by atoms with Crippen molar-refractivity contribution in [2.75, 3.05) is 6.54 Å². The molecule has 3 rings (SSSR count). The summed E-state index contributed by atoms with van der Waals surface area (Å²) in [6, 6.07) is 7.28. The van der Waals surface area contributed by atoms with E-state index >= 15 is 0 Å². The third-order valence-corrected chi connectivity index (χ3v) is 4.36. The number of carbonyl (C=O) groups excluding carboxylic acids is 2. The van der Waals surface area contributed by atoms with Gasteiger partial charge in [0.05, 0.1) is 12.0 Å². The van der Waals surface area contributed by atoms with Crippen LogP contribution in [-0.2, 0) is 16.0 Å². The standard InChI is InChI=1S/C17H21N3O2/c18-14(16(21)13-6-3-4-8-19-17(13)22)9-11-10-20-15-7-2-1-5-12(11)15/h1-2,5,7,10,13-14,20H,3-4,6,8-9,18H2,(H,19,22)/t13?,14-/m0/s1. The van der Waals surface area contributed by atoms with Crippen molar-refractivity contribution in [3.8, 4) is 0 Å². The van der Waals surface area contributed by atoms with E-state index in [1.807, 2.05) is 30.5 Å². The number of hydrogen-bond acceptors (Lipinski definition) is 3. The van der Waals surface area contributed by atoms with E-state index in [0.717, 1.165) is 29.3 Å². The maximum atomic E-state index is 12.5. The molecule has 0 bridgehead atoms. The van der Waals surface area contributed by atoms with Crippen molar-refractivity contribution in [3.05, 3.63) is 36.0 Å². The summed E-state index contributed by atoms with van der Waals surface area (Å²) in [4.78, 5) is 27.7. The highest BCUT2D eigenvalue weighted by atomic mass is 16.2. The fourth-order valence-corrected chi connectivity index (χ4v) is 3.11. The first-order valence-corrected chi connectivity index (χ1v) is 7.79. The van der Waals surface area contributed by atoms with Crippen molar-refractivity contribution in [1.82, 2.24) is 10.3 Å². The van der Waals surface area contributed by atoms with Crippen molar-refractivity contribution in [1.29, 1.82) is 0 Å². The molecular weight excluding hydrogens is 278 g/mol. The molecule has 5 heteroatoms. The smallest absolute Gasteiger partial charge is 0.230 e. The second-order valence-electron chi connectivity index (χ2n) is 5.91. The molecule has 1 unspecified atom stereocenters. The van der Waals surface area contributed by atoms with Gasteiger partial charge in [-0.2, -0.15) is 0 Å². The lowest BCUT2D eigenvalue weighted by atomic mass is 9.90. The molecule has 4 N–H and O–H groups in total. The number of Topliss-reactive ketones (excluding diaryl/α,β-unsaturated/α-hetero) is 1. The SMILES string of the molecule is N[C@@H](Cc1c[nH]c2ccccc12)C(=O)C1CCCCNC1=O. The highest BCUT2D eigenvalue weighted by molar-refractivity contribution is 6.04. The number of nitrogens with one attached hydrogen (secondary N) is 2. The van der Waals surface area contributed by atoms with Crippen LogP contribution in [0.2, 0.25) is 0 Å². The van der Waals surface area contributed by atoms with E-state index in [4.69, 9.17) is 5.73 Å². The van der Waals surface area contributed by atoms with Crippen LogP contribution in [0.15, 0.2) is 30.5 Å². The summed E-state index contributed by atoms with van der Waals surface area (Å²) in [6.07, 6.45) is 4.76. The first-order chi connectivity index (χ1) is 10.7. The zero-order valence-corrected chi connectivity index (χ0v) is 12.5. The van der Waals surface area contributed by atoms with Crippen LogP contribution in [-0.4, -0.2) is 29.3 Å². The number of amides is 1. The molecule has 1 saturated heterocycles. The van der Waals surface area contributed by atoms with Gasteiger partial charge in [-0.1, -0.05) is 24.6 Å². The van der Waals surface area contributed by atoms with E-state index < -0.39 is 12.0 Å². The van der Waals surface area contributed by atoms with Gasteiger partial charge in [0.15, 0.2) is 5.78 Å². The van der Waals surface area contributed by atoms with Gasteiger partial charge in [-0.25, -0.2) is 0 Å². The van der Waals surface area contributed by atoms with Crippen LogP contribution in [0, 0.1) is 5.92 Å². The minimum Gasteiger partial charge on any atom is -0.361 e. The summed E-state index contributed by atoms with van der Waals surface area (Å²) in [6.45, 7) is 0.653. The van der Waals surface area contributed by atoms with E-state index in [0.29, 0.717) is 19.4 Å². The number of aromatic nitrogens is 1. The minimum atomic E-state index is -0.645. The van der Waals surface area contributed by atoms with Gasteiger partial charge in [0.2, 0.25) is 5.91 Å². The van der Waals surface area contributed by atoms with Crippen molar-refractivity contribution in [3.63, 3.8) is 0 Å². The molecule has 1 aromatic carbocycles. The molecule has 116 valence electrons. The lowest BCUT2D eigenvalue weighted by Crippen LogP contribution is -2.43. The Kier molecular flexibility index (Phi) is 4.24. The number of hydrogen-bond donors (Lipinski definition) is 3. The second-order valence-corrected chi connectivity index (χ2v) is 5.91. The Balaban J connectivity index is 1.74. The molecule has 2 aromatic rings. The Morgan fingerprint density at radius 2 is 2.14 bits per heavy atom. The first-order valence-electron chi connectivity index (χ1n) is 7.79. The Morgan fingerprint density at radius 1 is 1.32 bits per heavy atom. The number of ketones is 1. The molecule has 0 spiro atoms. The van der Waals surface area contributed by atoms with E-state index in [9.17, 15) is 9.59 Å². The van der Waals surface area contributed by atoms with Crippen molar-refractivity contribution < 1.29 is 9.59 Å². The van der Waals surface area contributed by atoms with Gasteiger partial charge in [-0.05, 0) is 30.9 Å². The van der Waals surface area contributed by atoms with Gasteiger partial charge in [-0.3, -0.25) is 9.59 Å². The van der Waals surface area contributed by atoms with Crippen molar-refractivity contribution in [2.45, 2.75) is 31.7 Å². The molecular formula is C17H21N3O2. The van der Waals surface area contributed by atoms with Gasteiger partial charge in [0.1, 0.15) is 0 Å². The maximum Gasteiger partial charge on any atom is 0.230 e. The monoisotopic (exact) mass is 299 g/mol. The Bertz CT molecular complexity index is 692. The number of benzene rings is 1. The van der Waals surface area contributed by atoms with Crippen LogP contribution in [0.5, 0.6) is 0 Å². The normalized spacial score (nSPS) is 20.4. The molecule has 1 aliphatic heterocycles. The fraction of sp³-hybridized carbons (Fsp3) is 0.412. The van der Waals surface area contributed by atoms with Gasteiger partial charge in [0, 0.05) is 23.6 Å². The van der Waals surface area contributed by atoms with E-state index in [1.165, 1.54) is 0 Å². The molecule has 2 atom stereocenters. The second kappa shape index (κ2) is 6.32. The lowest BCUT2D eigenvalue weighted by Gasteiger charge is -2.17. The zero-order valence-electron chi connectivity index (χ0n) is 12.5. The minimum absolute atomic E-state index is 0.148. The average molecular weight is 299 g/mol. The van der Waals surface area contributed by atoms with Crippen LogP contribution >= 0.6 is 0 Å². The third kappa shape index (κ3) is 2.90. The molecule has 1 amide bonds. The first kappa shape index (κ1) is 14.8. The van der Waals surface area contributed by atoms with Crippen LogP contribution in [0.4, 0.5) is 0 Å².